The monoisotopic (exact) mass is 358 g/mol. The number of benzene rings is 3. The number of aromatic hydroxyl groups is 1. The van der Waals surface area contributed by atoms with Gasteiger partial charge in [-0.1, -0.05) is 12.1 Å². The molecule has 0 atom stereocenters. The second-order valence-electron chi connectivity index (χ2n) is 5.39. The molecule has 3 aromatic carbocycles. The van der Waals surface area contributed by atoms with Gasteiger partial charge in [0.05, 0.1) is 10.6 Å². The molecule has 0 aliphatic carbocycles. The number of nitrogens with two attached hydrogens (primary N) is 1. The van der Waals surface area contributed by atoms with E-state index in [0.717, 1.165) is 0 Å². The summed E-state index contributed by atoms with van der Waals surface area (Å²) in [4.78, 5) is 12.1. The molecule has 0 aliphatic rings. The van der Waals surface area contributed by atoms with Crippen LogP contribution in [0.2, 0.25) is 0 Å². The predicted molar refractivity (Wildman–Crippen MR) is 94.2 cm³/mol. The van der Waals surface area contributed by atoms with Crippen molar-refractivity contribution in [2.45, 2.75) is 4.90 Å². The third-order valence-corrected chi connectivity index (χ3v) is 4.53. The van der Waals surface area contributed by atoms with E-state index in [9.17, 15) is 18.3 Å². The zero-order valence-electron chi connectivity index (χ0n) is 12.8. The summed E-state index contributed by atoms with van der Waals surface area (Å²) in [7, 11) is -4.35. The molecule has 0 aromatic heterocycles. The Bertz CT molecular complexity index is 1080. The number of carbonyl (C=O) groups excluding carboxylic acids is 1. The van der Waals surface area contributed by atoms with Gasteiger partial charge in [-0.3, -0.25) is 9.35 Å². The van der Waals surface area contributed by atoms with E-state index in [1.54, 1.807) is 24.3 Å². The van der Waals surface area contributed by atoms with E-state index in [2.05, 4.69) is 5.32 Å². The minimum Gasteiger partial charge on any atom is -0.506 e. The number of fused-ring (bicyclic) bond motifs is 1. The molecule has 0 radical (unpaired) electrons. The molecule has 1 amide bonds. The normalized spacial score (nSPS) is 11.4. The maximum absolute atomic E-state index is 12.3. The fourth-order valence-electron chi connectivity index (χ4n) is 2.41. The van der Waals surface area contributed by atoms with Crippen LogP contribution in [-0.4, -0.2) is 24.0 Å². The van der Waals surface area contributed by atoms with Crippen LogP contribution in [0.4, 0.5) is 11.4 Å². The van der Waals surface area contributed by atoms with Gasteiger partial charge in [-0.15, -0.1) is 0 Å². The van der Waals surface area contributed by atoms with Crippen molar-refractivity contribution in [2.75, 3.05) is 11.1 Å². The van der Waals surface area contributed by atoms with Crippen LogP contribution < -0.4 is 11.1 Å². The zero-order chi connectivity index (χ0) is 18.2. The fraction of sp³-hybridized carbons (Fsp3) is 0. The van der Waals surface area contributed by atoms with Gasteiger partial charge in [-0.25, -0.2) is 0 Å². The lowest BCUT2D eigenvalue weighted by Gasteiger charge is -2.12. The molecule has 3 aromatic rings. The molecule has 0 unspecified atom stereocenters. The lowest BCUT2D eigenvalue weighted by atomic mass is 10.1. The molecular formula is C17H14N2O5S. The number of nitrogen functional groups attached to an aromatic ring is 1. The summed E-state index contributed by atoms with van der Waals surface area (Å²) in [6.07, 6.45) is 0. The molecule has 3 rings (SSSR count). The lowest BCUT2D eigenvalue weighted by molar-refractivity contribution is 0.102. The summed E-state index contributed by atoms with van der Waals surface area (Å²) in [5.74, 6) is -0.627. The quantitative estimate of drug-likeness (QED) is 0.323. The minimum absolute atomic E-state index is 0.140. The molecule has 0 heterocycles. The first-order valence-corrected chi connectivity index (χ1v) is 8.60. The maximum atomic E-state index is 12.3. The van der Waals surface area contributed by atoms with Crippen molar-refractivity contribution >= 4 is 38.2 Å². The Morgan fingerprint density at radius 2 is 1.68 bits per heavy atom. The second kappa shape index (κ2) is 6.08. The van der Waals surface area contributed by atoms with Crippen LogP contribution in [0.15, 0.2) is 59.5 Å². The first-order valence-electron chi connectivity index (χ1n) is 7.16. The number of rotatable bonds is 3. The van der Waals surface area contributed by atoms with Gasteiger partial charge in [0.2, 0.25) is 0 Å². The topological polar surface area (TPSA) is 130 Å². The number of amides is 1. The Hall–Kier alpha value is -3.10. The van der Waals surface area contributed by atoms with Crippen LogP contribution in [0.25, 0.3) is 10.8 Å². The maximum Gasteiger partial charge on any atom is 0.294 e. The van der Waals surface area contributed by atoms with Crippen LogP contribution in [0.1, 0.15) is 10.4 Å². The van der Waals surface area contributed by atoms with Crippen molar-refractivity contribution in [1.29, 1.82) is 0 Å². The number of anilines is 2. The molecule has 0 aliphatic heterocycles. The van der Waals surface area contributed by atoms with E-state index in [-0.39, 0.29) is 16.3 Å². The zero-order valence-corrected chi connectivity index (χ0v) is 13.6. The highest BCUT2D eigenvalue weighted by atomic mass is 32.2. The first-order chi connectivity index (χ1) is 11.8. The standard InChI is InChI=1S/C17H14N2O5S/c18-12-4-1-10(2-5-12)17(21)19-16-14-7-6-13(25(22,23)24)9-11(14)3-8-15(16)20/h1-9,20H,18H2,(H,19,21)(H,22,23,24). The van der Waals surface area contributed by atoms with Gasteiger partial charge < -0.3 is 16.2 Å². The van der Waals surface area contributed by atoms with Crippen LogP contribution in [0, 0.1) is 0 Å². The van der Waals surface area contributed by atoms with Gasteiger partial charge in [0, 0.05) is 16.6 Å². The molecule has 0 saturated carbocycles. The highest BCUT2D eigenvalue weighted by Crippen LogP contribution is 2.34. The summed E-state index contributed by atoms with van der Waals surface area (Å²) in [5.41, 5.74) is 6.59. The molecule has 5 N–H and O–H groups in total. The number of hydrogen-bond acceptors (Lipinski definition) is 5. The van der Waals surface area contributed by atoms with Crippen LogP contribution in [0.3, 0.4) is 0 Å². The van der Waals surface area contributed by atoms with Crippen molar-refractivity contribution in [3.05, 3.63) is 60.2 Å². The molecule has 25 heavy (non-hydrogen) atoms. The summed E-state index contributed by atoms with van der Waals surface area (Å²) in [5, 5.41) is 13.5. The van der Waals surface area contributed by atoms with Gasteiger partial charge in [0.1, 0.15) is 5.75 Å². The average molecular weight is 358 g/mol. The first kappa shape index (κ1) is 16.7. The molecule has 0 spiro atoms. The van der Waals surface area contributed by atoms with Gasteiger partial charge in [0.15, 0.2) is 0 Å². The van der Waals surface area contributed by atoms with E-state index in [0.29, 0.717) is 22.0 Å². The Morgan fingerprint density at radius 3 is 2.32 bits per heavy atom. The highest BCUT2D eigenvalue weighted by molar-refractivity contribution is 7.85. The number of hydrogen-bond donors (Lipinski definition) is 4. The lowest BCUT2D eigenvalue weighted by Crippen LogP contribution is -2.12. The van der Waals surface area contributed by atoms with Crippen LogP contribution >= 0.6 is 0 Å². The van der Waals surface area contributed by atoms with Gasteiger partial charge >= 0.3 is 0 Å². The average Bonchev–Trinajstić information content (AvgIpc) is 2.56. The molecular weight excluding hydrogens is 344 g/mol. The molecule has 7 nitrogen and oxygen atoms in total. The summed E-state index contributed by atoms with van der Waals surface area (Å²) in [6.45, 7) is 0. The SMILES string of the molecule is Nc1ccc(C(=O)Nc2c(O)ccc3cc(S(=O)(=O)O)ccc23)cc1. The van der Waals surface area contributed by atoms with Crippen molar-refractivity contribution in [1.82, 2.24) is 0 Å². The highest BCUT2D eigenvalue weighted by Gasteiger charge is 2.15. The summed E-state index contributed by atoms with van der Waals surface area (Å²) >= 11 is 0. The number of phenols is 1. The molecule has 0 saturated heterocycles. The van der Waals surface area contributed by atoms with E-state index in [4.69, 9.17) is 10.3 Å². The largest absolute Gasteiger partial charge is 0.506 e. The third kappa shape index (κ3) is 3.39. The van der Waals surface area contributed by atoms with E-state index >= 15 is 0 Å². The second-order valence-corrected chi connectivity index (χ2v) is 6.82. The fourth-order valence-corrected chi connectivity index (χ4v) is 2.92. The van der Waals surface area contributed by atoms with Crippen LogP contribution in [0.5, 0.6) is 5.75 Å². The Kier molecular flexibility index (Phi) is 4.07. The molecule has 128 valence electrons. The Morgan fingerprint density at radius 1 is 1.00 bits per heavy atom. The number of phenolic OH excluding ortho intramolecular Hbond substituents is 1. The summed E-state index contributed by atoms with van der Waals surface area (Å²) in [6, 6.07) is 12.9. The van der Waals surface area contributed by atoms with E-state index < -0.39 is 16.0 Å². The Labute approximate surface area is 143 Å². The molecule has 0 fully saturated rings. The number of carbonyl (C=O) groups is 1. The van der Waals surface area contributed by atoms with Crippen molar-refractivity contribution in [3.8, 4) is 5.75 Å². The van der Waals surface area contributed by atoms with Gasteiger partial charge in [-0.2, -0.15) is 8.42 Å². The Balaban J connectivity index is 2.04. The third-order valence-electron chi connectivity index (χ3n) is 3.68. The van der Waals surface area contributed by atoms with Gasteiger partial charge in [0.25, 0.3) is 16.0 Å². The smallest absolute Gasteiger partial charge is 0.294 e. The van der Waals surface area contributed by atoms with Crippen LogP contribution in [-0.2, 0) is 10.1 Å². The van der Waals surface area contributed by atoms with E-state index in [1.165, 1.54) is 30.3 Å². The van der Waals surface area contributed by atoms with Crippen molar-refractivity contribution in [2.24, 2.45) is 0 Å². The molecule has 0 bridgehead atoms. The van der Waals surface area contributed by atoms with E-state index in [1.807, 2.05) is 0 Å². The minimum atomic E-state index is -4.35. The van der Waals surface area contributed by atoms with Gasteiger partial charge in [-0.05, 0) is 47.9 Å². The van der Waals surface area contributed by atoms with Crippen molar-refractivity contribution in [3.63, 3.8) is 0 Å². The summed E-state index contributed by atoms with van der Waals surface area (Å²) < 4.78 is 31.6. The van der Waals surface area contributed by atoms with Crippen molar-refractivity contribution < 1.29 is 22.9 Å². The predicted octanol–water partition coefficient (Wildman–Crippen LogP) is 2.63. The molecule has 8 heteroatoms. The number of nitrogens with one attached hydrogen (secondary N) is 1.